The Morgan fingerprint density at radius 2 is 1.06 bits per heavy atom. The zero-order valence-electron chi connectivity index (χ0n) is 28.0. The zero-order chi connectivity index (χ0) is 35.5. The molecule has 2 heterocycles. The van der Waals surface area contributed by atoms with Crippen LogP contribution in [0.25, 0.3) is 0 Å². The molecule has 2 saturated heterocycles. The van der Waals surface area contributed by atoms with E-state index < -0.39 is 16.9 Å². The van der Waals surface area contributed by atoms with Crippen molar-refractivity contribution in [1.29, 1.82) is 0 Å². The highest BCUT2D eigenvalue weighted by Gasteiger charge is 2.33. The second-order valence-corrected chi connectivity index (χ2v) is 12.6. The highest BCUT2D eigenvalue weighted by molar-refractivity contribution is 5.72. The molecule has 0 saturated carbocycles. The van der Waals surface area contributed by atoms with Gasteiger partial charge in [-0.1, -0.05) is 84.9 Å². The molecule has 0 radical (unpaired) electrons. The lowest BCUT2D eigenvalue weighted by Crippen LogP contribution is -2.53. The van der Waals surface area contributed by atoms with E-state index in [-0.39, 0.29) is 30.6 Å². The van der Waals surface area contributed by atoms with Crippen LogP contribution in [0, 0.1) is 10.1 Å². The maximum absolute atomic E-state index is 11.4. The summed E-state index contributed by atoms with van der Waals surface area (Å²) < 4.78 is 0. The van der Waals surface area contributed by atoms with E-state index in [2.05, 4.69) is 26.8 Å². The van der Waals surface area contributed by atoms with Gasteiger partial charge in [-0.05, 0) is 29.3 Å². The predicted octanol–water partition coefficient (Wildman–Crippen LogP) is 5.19. The topological polar surface area (TPSA) is 157 Å². The van der Waals surface area contributed by atoms with Crippen LogP contribution in [0.3, 0.4) is 0 Å². The number of aliphatic carboxylic acids is 2. The van der Waals surface area contributed by atoms with Crippen LogP contribution >= 0.6 is 0 Å². The van der Waals surface area contributed by atoms with E-state index in [0.717, 1.165) is 45.0 Å². The number of carbonyl (C=O) groups is 2. The first-order valence-electron chi connectivity index (χ1n) is 16.7. The smallest absolute Gasteiger partial charge is 0.305 e. The molecule has 262 valence electrons. The van der Waals surface area contributed by atoms with Gasteiger partial charge in [0.1, 0.15) is 5.69 Å². The molecule has 4 aromatic rings. The van der Waals surface area contributed by atoms with E-state index in [9.17, 15) is 29.9 Å². The molecule has 4 aromatic carbocycles. The van der Waals surface area contributed by atoms with Crippen LogP contribution in [0.2, 0.25) is 0 Å². The fraction of sp³-hybridized carbons (Fsp3) is 0.316. The van der Waals surface area contributed by atoms with Crippen molar-refractivity contribution in [1.82, 2.24) is 9.80 Å². The molecule has 2 fully saturated rings. The van der Waals surface area contributed by atoms with Crippen LogP contribution in [0.15, 0.2) is 109 Å². The number of anilines is 3. The van der Waals surface area contributed by atoms with E-state index >= 15 is 0 Å². The molecule has 2 unspecified atom stereocenters. The van der Waals surface area contributed by atoms with E-state index in [1.54, 1.807) is 18.2 Å². The summed E-state index contributed by atoms with van der Waals surface area (Å²) in [5.41, 5.74) is 10.7. The van der Waals surface area contributed by atoms with E-state index in [4.69, 9.17) is 5.73 Å². The third-order valence-electron chi connectivity index (χ3n) is 9.09. The van der Waals surface area contributed by atoms with Gasteiger partial charge < -0.3 is 25.7 Å². The van der Waals surface area contributed by atoms with E-state index in [0.29, 0.717) is 24.5 Å². The largest absolute Gasteiger partial charge is 0.481 e. The van der Waals surface area contributed by atoms with Crippen LogP contribution in [0.1, 0.15) is 24.0 Å². The first-order chi connectivity index (χ1) is 24.2. The van der Waals surface area contributed by atoms with Crippen molar-refractivity contribution in [3.63, 3.8) is 0 Å². The number of para-hydroxylation sites is 4. The molecule has 4 N–H and O–H groups in total. The monoisotopic (exact) mass is 680 g/mol. The number of nitrogens with zero attached hydrogens (tertiary/aromatic N) is 5. The Balaban J connectivity index is 0.000000195. The summed E-state index contributed by atoms with van der Waals surface area (Å²) in [6.45, 7) is 5.78. The van der Waals surface area contributed by atoms with Gasteiger partial charge in [0, 0.05) is 58.4 Å². The second kappa shape index (κ2) is 17.3. The van der Waals surface area contributed by atoms with E-state index in [1.165, 1.54) is 17.2 Å². The van der Waals surface area contributed by atoms with Gasteiger partial charge in [-0.25, -0.2) is 0 Å². The highest BCUT2D eigenvalue weighted by Crippen LogP contribution is 2.32. The molecule has 0 spiro atoms. The summed E-state index contributed by atoms with van der Waals surface area (Å²) >= 11 is 0. The molecule has 0 aliphatic carbocycles. The molecule has 2 aliphatic rings. The van der Waals surface area contributed by atoms with Crippen molar-refractivity contribution in [2.45, 2.75) is 38.0 Å². The number of piperazine rings is 2. The van der Waals surface area contributed by atoms with Gasteiger partial charge in [-0.2, -0.15) is 0 Å². The number of benzene rings is 4. The Morgan fingerprint density at radius 1 is 0.640 bits per heavy atom. The predicted molar refractivity (Wildman–Crippen MR) is 194 cm³/mol. The molecule has 0 aromatic heterocycles. The van der Waals surface area contributed by atoms with Crippen molar-refractivity contribution >= 4 is 34.7 Å². The number of nitrogens with two attached hydrogens (primary N) is 1. The minimum absolute atomic E-state index is 0.0133. The van der Waals surface area contributed by atoms with Gasteiger partial charge in [-0.3, -0.25) is 29.5 Å². The van der Waals surface area contributed by atoms with Crippen molar-refractivity contribution in [2.75, 3.05) is 54.8 Å². The maximum Gasteiger partial charge on any atom is 0.305 e. The molecule has 12 heteroatoms. The van der Waals surface area contributed by atoms with Crippen molar-refractivity contribution < 1.29 is 24.7 Å². The van der Waals surface area contributed by atoms with Crippen LogP contribution in [-0.2, 0) is 22.7 Å². The fourth-order valence-corrected chi connectivity index (χ4v) is 6.81. The summed E-state index contributed by atoms with van der Waals surface area (Å²) in [7, 11) is 0. The van der Waals surface area contributed by atoms with Crippen LogP contribution < -0.4 is 15.5 Å². The SMILES string of the molecule is Nc1ccccc1N1CCN(Cc2ccccc2)CC1CC(=O)O.O=C(O)CC1CN(Cc2ccccc2)CCN1c1ccccc1[N+](=O)[O-]. The lowest BCUT2D eigenvalue weighted by Gasteiger charge is -2.42. The van der Waals surface area contributed by atoms with Crippen molar-refractivity contribution in [3.05, 3.63) is 130 Å². The van der Waals surface area contributed by atoms with Crippen molar-refractivity contribution in [2.24, 2.45) is 0 Å². The van der Waals surface area contributed by atoms with Gasteiger partial charge in [0.25, 0.3) is 5.69 Å². The first-order valence-corrected chi connectivity index (χ1v) is 16.7. The zero-order valence-corrected chi connectivity index (χ0v) is 28.0. The number of nitrogen functional groups attached to an aromatic ring is 1. The normalized spacial score (nSPS) is 18.2. The maximum atomic E-state index is 11.4. The summed E-state index contributed by atoms with van der Waals surface area (Å²) in [6, 6.07) is 34.1. The van der Waals surface area contributed by atoms with Gasteiger partial charge in [0.2, 0.25) is 0 Å². The third kappa shape index (κ3) is 9.80. The summed E-state index contributed by atoms with van der Waals surface area (Å²) in [6.07, 6.45) is 0.0525. The van der Waals surface area contributed by atoms with E-state index in [1.807, 2.05) is 77.7 Å². The number of nitro groups is 1. The van der Waals surface area contributed by atoms with Gasteiger partial charge >= 0.3 is 11.9 Å². The molecular formula is C38H44N6O6. The molecule has 0 amide bonds. The van der Waals surface area contributed by atoms with Gasteiger partial charge in [-0.15, -0.1) is 0 Å². The van der Waals surface area contributed by atoms with Crippen molar-refractivity contribution in [3.8, 4) is 0 Å². The number of hydrogen-bond acceptors (Lipinski definition) is 9. The Bertz CT molecular complexity index is 1730. The van der Waals surface area contributed by atoms with Crippen LogP contribution in [0.5, 0.6) is 0 Å². The highest BCUT2D eigenvalue weighted by atomic mass is 16.6. The Hall–Kier alpha value is -5.46. The lowest BCUT2D eigenvalue weighted by atomic mass is 10.1. The molecule has 2 atom stereocenters. The molecule has 12 nitrogen and oxygen atoms in total. The summed E-state index contributed by atoms with van der Waals surface area (Å²) in [5.74, 6) is -1.68. The number of hydrogen-bond donors (Lipinski definition) is 3. The quantitative estimate of drug-likeness (QED) is 0.109. The molecule has 6 rings (SSSR count). The van der Waals surface area contributed by atoms with Gasteiger partial charge in [0.15, 0.2) is 0 Å². The number of carboxylic acids is 2. The Labute approximate surface area is 292 Å². The minimum atomic E-state index is -0.903. The van der Waals surface area contributed by atoms with Gasteiger partial charge in [0.05, 0.1) is 41.2 Å². The molecule has 2 aliphatic heterocycles. The standard InChI is InChI=1S/C19H21N3O4.C19H23N3O2/c23-19(24)12-16-14-20(13-15-6-2-1-3-7-15)10-11-21(16)17-8-4-5-9-18(17)22(25)26;20-17-8-4-5-9-18(17)22-11-10-21(14-16(22)12-19(23)24)13-15-6-2-1-3-7-15/h1-9,16H,10-14H2,(H,23,24);1-9,16H,10-14,20H2,(H,23,24). The molecule has 50 heavy (non-hydrogen) atoms. The molecule has 0 bridgehead atoms. The number of carboxylic acid groups (broad SMARTS) is 2. The van der Waals surface area contributed by atoms with Crippen LogP contribution in [-0.4, -0.2) is 88.2 Å². The second-order valence-electron chi connectivity index (χ2n) is 12.6. The lowest BCUT2D eigenvalue weighted by molar-refractivity contribution is -0.384. The Kier molecular flexibility index (Phi) is 12.4. The number of nitro benzene ring substituents is 1. The van der Waals surface area contributed by atoms with Crippen LogP contribution in [0.4, 0.5) is 22.7 Å². The fourth-order valence-electron chi connectivity index (χ4n) is 6.81. The summed E-state index contributed by atoms with van der Waals surface area (Å²) in [5, 5.41) is 30.0. The Morgan fingerprint density at radius 3 is 1.52 bits per heavy atom. The average Bonchev–Trinajstić information content (AvgIpc) is 3.10. The first kappa shape index (κ1) is 35.8. The number of rotatable bonds is 11. The average molecular weight is 681 g/mol. The summed E-state index contributed by atoms with van der Waals surface area (Å²) in [4.78, 5) is 42.1. The minimum Gasteiger partial charge on any atom is -0.481 e. The molecular weight excluding hydrogens is 636 g/mol. The third-order valence-corrected chi connectivity index (χ3v) is 9.09.